The molecule has 6 nitrogen and oxygen atoms in total. The van der Waals surface area contributed by atoms with E-state index in [1.54, 1.807) is 18.2 Å². The fourth-order valence-electron chi connectivity index (χ4n) is 4.55. The van der Waals surface area contributed by atoms with Crippen molar-refractivity contribution in [3.63, 3.8) is 0 Å². The van der Waals surface area contributed by atoms with Crippen LogP contribution in [0.15, 0.2) is 89.5 Å². The fourth-order valence-corrected chi connectivity index (χ4v) is 4.55. The molecule has 0 amide bonds. The second kappa shape index (κ2) is 8.48. The number of pyridine rings is 1. The van der Waals surface area contributed by atoms with Crippen molar-refractivity contribution in [3.05, 3.63) is 112 Å². The van der Waals surface area contributed by atoms with Crippen molar-refractivity contribution in [2.24, 2.45) is 0 Å². The molecule has 1 aliphatic carbocycles. The second-order valence-electron chi connectivity index (χ2n) is 8.16. The first-order chi connectivity index (χ1) is 16.5. The van der Waals surface area contributed by atoms with Gasteiger partial charge in [0, 0.05) is 34.5 Å². The van der Waals surface area contributed by atoms with Crippen LogP contribution < -0.4 is 5.56 Å². The Morgan fingerprint density at radius 3 is 2.29 bits per heavy atom. The summed E-state index contributed by atoms with van der Waals surface area (Å²) in [6, 6.07) is 20.9. The van der Waals surface area contributed by atoms with Gasteiger partial charge in [0.05, 0.1) is 7.11 Å². The number of aromatic nitrogens is 1. The highest BCUT2D eigenvalue weighted by Crippen LogP contribution is 2.37. The van der Waals surface area contributed by atoms with Crippen LogP contribution in [0, 0.1) is 0 Å². The number of rotatable bonds is 6. The molecule has 0 saturated heterocycles. The fraction of sp³-hybridized carbons (Fsp3) is 0.107. The number of methoxy groups -OCH3 is 1. The van der Waals surface area contributed by atoms with Crippen LogP contribution in [0.2, 0.25) is 0 Å². The van der Waals surface area contributed by atoms with Crippen LogP contribution in [0.4, 0.5) is 0 Å². The number of carbonyl (C=O) groups excluding carboxylic acids is 1. The Kier molecular flexibility index (Phi) is 5.34. The Balaban J connectivity index is 1.78. The standard InChI is InChI=1S/C28H21NO5/c1-34-23-15-19-16-29(22(28(32)33)14-17-8-4-2-5-9-17)27(31)21-13-12-20(18-10-6-3-7-11-18)25(24(19)21)26(23)30/h2-13,15-16,22H,14H2,1H3,(H,32,33)/t22-/m0/s1. The van der Waals surface area contributed by atoms with Crippen molar-refractivity contribution < 1.29 is 19.4 Å². The smallest absolute Gasteiger partial charge is 0.327 e. The topological polar surface area (TPSA) is 85.6 Å². The molecule has 3 aromatic carbocycles. The Morgan fingerprint density at radius 2 is 1.65 bits per heavy atom. The number of carboxylic acids is 1. The number of Topliss-reactive ketones (excluding diaryl/α,β-unsaturated/α-hetero) is 1. The van der Waals surface area contributed by atoms with Gasteiger partial charge in [-0.15, -0.1) is 0 Å². The van der Waals surface area contributed by atoms with E-state index in [-0.39, 0.29) is 18.0 Å². The molecule has 1 heterocycles. The summed E-state index contributed by atoms with van der Waals surface area (Å²) < 4.78 is 6.61. The highest BCUT2D eigenvalue weighted by Gasteiger charge is 2.30. The van der Waals surface area contributed by atoms with E-state index in [4.69, 9.17) is 4.74 Å². The molecule has 0 spiro atoms. The number of benzene rings is 3. The average Bonchev–Trinajstić information content (AvgIpc) is 2.87. The van der Waals surface area contributed by atoms with E-state index >= 15 is 0 Å². The van der Waals surface area contributed by atoms with Crippen LogP contribution in [0.25, 0.3) is 28.0 Å². The number of aliphatic carboxylic acids is 1. The van der Waals surface area contributed by atoms with Gasteiger partial charge in [-0.1, -0.05) is 66.7 Å². The van der Waals surface area contributed by atoms with Crippen molar-refractivity contribution in [1.82, 2.24) is 4.57 Å². The lowest BCUT2D eigenvalue weighted by Gasteiger charge is -2.23. The minimum atomic E-state index is -1.11. The maximum absolute atomic E-state index is 13.6. The molecule has 1 aromatic heterocycles. The molecule has 1 aliphatic rings. The zero-order chi connectivity index (χ0) is 23.8. The number of carboxylic acid groups (broad SMARTS) is 1. The van der Waals surface area contributed by atoms with Gasteiger partial charge in [-0.25, -0.2) is 4.79 Å². The molecule has 1 N–H and O–H groups in total. The van der Waals surface area contributed by atoms with E-state index < -0.39 is 17.6 Å². The lowest BCUT2D eigenvalue weighted by molar-refractivity contribution is -0.141. The van der Waals surface area contributed by atoms with Crippen molar-refractivity contribution >= 4 is 28.6 Å². The first kappa shape index (κ1) is 21.4. The largest absolute Gasteiger partial charge is 0.493 e. The first-order valence-corrected chi connectivity index (χ1v) is 10.8. The minimum absolute atomic E-state index is 0.136. The number of nitrogens with zero attached hydrogens (tertiary/aromatic N) is 1. The van der Waals surface area contributed by atoms with Gasteiger partial charge in [0.15, 0.2) is 5.76 Å². The molecule has 0 radical (unpaired) electrons. The molecule has 6 heteroatoms. The third kappa shape index (κ3) is 3.49. The molecule has 168 valence electrons. The Labute approximate surface area is 195 Å². The maximum atomic E-state index is 13.6. The molecular weight excluding hydrogens is 430 g/mol. The monoisotopic (exact) mass is 451 g/mol. The van der Waals surface area contributed by atoms with Gasteiger partial charge in [0.1, 0.15) is 6.04 Å². The highest BCUT2D eigenvalue weighted by molar-refractivity contribution is 6.25. The quantitative estimate of drug-likeness (QED) is 0.459. The van der Waals surface area contributed by atoms with Gasteiger partial charge >= 0.3 is 5.97 Å². The van der Waals surface area contributed by atoms with Crippen molar-refractivity contribution in [2.45, 2.75) is 12.5 Å². The first-order valence-electron chi connectivity index (χ1n) is 10.8. The van der Waals surface area contributed by atoms with Crippen molar-refractivity contribution in [3.8, 4) is 11.1 Å². The molecular formula is C28H21NO5. The molecule has 34 heavy (non-hydrogen) atoms. The number of hydrogen-bond donors (Lipinski definition) is 1. The summed E-state index contributed by atoms with van der Waals surface area (Å²) in [6.07, 6.45) is 3.25. The van der Waals surface area contributed by atoms with E-state index in [0.29, 0.717) is 27.5 Å². The average molecular weight is 451 g/mol. The molecule has 0 bridgehead atoms. The molecule has 5 rings (SSSR count). The predicted molar refractivity (Wildman–Crippen MR) is 130 cm³/mol. The second-order valence-corrected chi connectivity index (χ2v) is 8.16. The number of carbonyl (C=O) groups is 2. The molecule has 4 aromatic rings. The van der Waals surface area contributed by atoms with Gasteiger partial charge in [0.25, 0.3) is 5.56 Å². The molecule has 0 fully saturated rings. The van der Waals surface area contributed by atoms with Crippen LogP contribution in [-0.2, 0) is 16.0 Å². The van der Waals surface area contributed by atoms with Gasteiger partial charge in [-0.3, -0.25) is 14.2 Å². The van der Waals surface area contributed by atoms with Crippen molar-refractivity contribution in [2.75, 3.05) is 7.11 Å². The Morgan fingerprint density at radius 1 is 0.971 bits per heavy atom. The number of ketones is 1. The Bertz CT molecular complexity index is 1520. The van der Waals surface area contributed by atoms with Gasteiger partial charge in [-0.2, -0.15) is 0 Å². The SMILES string of the molecule is COC1=Cc2cn([C@@H](Cc3ccccc3)C(=O)O)c(=O)c3ccc(-c4ccccc4)c(c23)C1=O. The number of ether oxygens (including phenoxy) is 1. The number of allylic oxidation sites excluding steroid dienone is 1. The van der Waals surface area contributed by atoms with Crippen LogP contribution in [0.5, 0.6) is 0 Å². The molecule has 1 atom stereocenters. The van der Waals surface area contributed by atoms with Crippen LogP contribution in [0.1, 0.15) is 27.5 Å². The van der Waals surface area contributed by atoms with Gasteiger partial charge < -0.3 is 9.84 Å². The predicted octanol–water partition coefficient (Wildman–Crippen LogP) is 4.72. The highest BCUT2D eigenvalue weighted by atomic mass is 16.5. The number of hydrogen-bond acceptors (Lipinski definition) is 4. The lowest BCUT2D eigenvalue weighted by atomic mass is 9.86. The van der Waals surface area contributed by atoms with E-state index in [0.717, 1.165) is 11.1 Å². The normalized spacial score (nSPS) is 13.4. The summed E-state index contributed by atoms with van der Waals surface area (Å²) in [7, 11) is 1.42. The zero-order valence-corrected chi connectivity index (χ0v) is 18.4. The van der Waals surface area contributed by atoms with Gasteiger partial charge in [0.2, 0.25) is 5.78 Å². The van der Waals surface area contributed by atoms with Gasteiger partial charge in [-0.05, 0) is 28.8 Å². The van der Waals surface area contributed by atoms with Crippen LogP contribution in [-0.4, -0.2) is 28.5 Å². The maximum Gasteiger partial charge on any atom is 0.327 e. The zero-order valence-electron chi connectivity index (χ0n) is 18.4. The lowest BCUT2D eigenvalue weighted by Crippen LogP contribution is -2.32. The van der Waals surface area contributed by atoms with Crippen molar-refractivity contribution in [1.29, 1.82) is 0 Å². The summed E-state index contributed by atoms with van der Waals surface area (Å²) in [5.41, 5.74) is 2.84. The van der Waals surface area contributed by atoms with Crippen LogP contribution >= 0.6 is 0 Å². The third-order valence-corrected chi connectivity index (χ3v) is 6.17. The molecule has 0 aliphatic heterocycles. The summed E-state index contributed by atoms with van der Waals surface area (Å²) in [4.78, 5) is 39.1. The summed E-state index contributed by atoms with van der Waals surface area (Å²) in [5.74, 6) is -1.28. The minimum Gasteiger partial charge on any atom is -0.493 e. The summed E-state index contributed by atoms with van der Waals surface area (Å²) in [5, 5.41) is 10.8. The van der Waals surface area contributed by atoms with E-state index in [1.807, 2.05) is 60.7 Å². The Hall–Kier alpha value is -4.45. The molecule has 0 unspecified atom stereocenters. The van der Waals surface area contributed by atoms with E-state index in [9.17, 15) is 19.5 Å². The van der Waals surface area contributed by atoms with E-state index in [2.05, 4.69) is 0 Å². The van der Waals surface area contributed by atoms with E-state index in [1.165, 1.54) is 17.9 Å². The summed E-state index contributed by atoms with van der Waals surface area (Å²) in [6.45, 7) is 0. The summed E-state index contributed by atoms with van der Waals surface area (Å²) >= 11 is 0. The third-order valence-electron chi connectivity index (χ3n) is 6.17. The van der Waals surface area contributed by atoms with Crippen LogP contribution in [0.3, 0.4) is 0 Å². The molecule has 0 saturated carbocycles.